The van der Waals surface area contributed by atoms with E-state index in [1.54, 1.807) is 37.5 Å². The Bertz CT molecular complexity index is 497. The number of carbonyl (C=O) groups is 2. The number of nitrogens with one attached hydrogen (secondary N) is 1. The van der Waals surface area contributed by atoms with Gasteiger partial charge < -0.3 is 19.9 Å². The summed E-state index contributed by atoms with van der Waals surface area (Å²) in [5.74, 6) is -1.13. The monoisotopic (exact) mass is 293 g/mol. The van der Waals surface area contributed by atoms with Crippen molar-refractivity contribution in [2.45, 2.75) is 25.5 Å². The molecule has 0 fully saturated rings. The quantitative estimate of drug-likeness (QED) is 0.564. The highest BCUT2D eigenvalue weighted by Crippen LogP contribution is 2.17. The van der Waals surface area contributed by atoms with Crippen molar-refractivity contribution in [2.75, 3.05) is 12.4 Å². The lowest BCUT2D eigenvalue weighted by Gasteiger charge is -2.19. The zero-order valence-corrected chi connectivity index (χ0v) is 12.0. The lowest BCUT2D eigenvalue weighted by atomic mass is 10.2. The molecule has 0 aliphatic rings. The highest BCUT2D eigenvalue weighted by molar-refractivity contribution is 5.83. The Balaban J connectivity index is 2.73. The van der Waals surface area contributed by atoms with Crippen LogP contribution in [-0.4, -0.2) is 36.3 Å². The predicted octanol–water partition coefficient (Wildman–Crippen LogP) is 2.07. The van der Waals surface area contributed by atoms with Gasteiger partial charge in [0.05, 0.1) is 7.11 Å². The van der Waals surface area contributed by atoms with E-state index in [-0.39, 0.29) is 0 Å². The molecule has 6 nitrogen and oxygen atoms in total. The molecule has 0 aromatic heterocycles. The molecule has 114 valence electrons. The first-order valence-electron chi connectivity index (χ1n) is 6.42. The van der Waals surface area contributed by atoms with Crippen molar-refractivity contribution < 1.29 is 24.2 Å². The maximum atomic E-state index is 12.0. The Kier molecular flexibility index (Phi) is 6.26. The largest absolute Gasteiger partial charge is 0.497 e. The number of benzene rings is 1. The molecule has 0 aliphatic heterocycles. The zero-order valence-electron chi connectivity index (χ0n) is 12.0. The van der Waals surface area contributed by atoms with Gasteiger partial charge in [-0.05, 0) is 37.6 Å². The van der Waals surface area contributed by atoms with Gasteiger partial charge in [0.25, 0.3) is 0 Å². The predicted molar refractivity (Wildman–Crippen MR) is 78.4 cm³/mol. The van der Waals surface area contributed by atoms with Crippen LogP contribution in [0.2, 0.25) is 0 Å². The molecule has 0 bridgehead atoms. The van der Waals surface area contributed by atoms with Gasteiger partial charge in [-0.25, -0.2) is 9.59 Å². The van der Waals surface area contributed by atoms with Crippen molar-refractivity contribution in [1.29, 1.82) is 0 Å². The van der Waals surface area contributed by atoms with E-state index in [9.17, 15) is 9.59 Å². The number of hydrogen-bond acceptors (Lipinski definition) is 5. The van der Waals surface area contributed by atoms with Crippen LogP contribution in [0.25, 0.3) is 0 Å². The second-order valence-corrected chi connectivity index (χ2v) is 4.37. The molecule has 1 rings (SSSR count). The van der Waals surface area contributed by atoms with E-state index in [0.29, 0.717) is 17.9 Å². The molecule has 0 saturated heterocycles. The summed E-state index contributed by atoms with van der Waals surface area (Å²) in [5, 5.41) is 11.7. The number of esters is 1. The van der Waals surface area contributed by atoms with Crippen molar-refractivity contribution in [3.63, 3.8) is 0 Å². The molecule has 0 heterocycles. The summed E-state index contributed by atoms with van der Waals surface area (Å²) in [5.41, 5.74) is 0.697. The lowest BCUT2D eigenvalue weighted by molar-refractivity contribution is -0.163. The van der Waals surface area contributed by atoms with Crippen LogP contribution in [0.5, 0.6) is 5.75 Å². The van der Waals surface area contributed by atoms with Gasteiger partial charge in [-0.2, -0.15) is 0 Å². The second-order valence-electron chi connectivity index (χ2n) is 4.37. The van der Waals surface area contributed by atoms with Crippen molar-refractivity contribution in [2.24, 2.45) is 0 Å². The number of carbonyl (C=O) groups excluding carboxylic acids is 1. The number of anilines is 1. The molecule has 1 aromatic carbocycles. The van der Waals surface area contributed by atoms with Crippen molar-refractivity contribution >= 4 is 17.6 Å². The first-order valence-corrected chi connectivity index (χ1v) is 6.42. The molecule has 0 aliphatic carbocycles. The Labute approximate surface area is 123 Å². The summed E-state index contributed by atoms with van der Waals surface area (Å²) < 4.78 is 9.92. The van der Waals surface area contributed by atoms with Crippen LogP contribution >= 0.6 is 0 Å². The lowest BCUT2D eigenvalue weighted by Crippen LogP contribution is -2.35. The number of hydrogen-bond donors (Lipinski definition) is 2. The number of rotatable bonds is 8. The van der Waals surface area contributed by atoms with Gasteiger partial charge in [-0.3, -0.25) is 0 Å². The van der Waals surface area contributed by atoms with E-state index in [4.69, 9.17) is 14.6 Å². The SMILES string of the molecule is C=CC[C@@H](Nc1ccc(OC)cc1)C(=O)O[C@H](C)C(=O)O. The first-order chi connectivity index (χ1) is 9.97. The minimum atomic E-state index is -1.19. The third-order valence-electron chi connectivity index (χ3n) is 2.76. The maximum Gasteiger partial charge on any atom is 0.344 e. The summed E-state index contributed by atoms with van der Waals surface area (Å²) in [6, 6.07) is 6.31. The Morgan fingerprint density at radius 1 is 1.38 bits per heavy atom. The normalized spacial score (nSPS) is 12.9. The third kappa shape index (κ3) is 5.18. The van der Waals surface area contributed by atoms with E-state index in [1.807, 2.05) is 0 Å². The molecule has 1 aromatic rings. The van der Waals surface area contributed by atoms with Crippen LogP contribution in [0.4, 0.5) is 5.69 Å². The van der Waals surface area contributed by atoms with E-state index in [2.05, 4.69) is 11.9 Å². The summed E-state index contributed by atoms with van der Waals surface area (Å²) in [4.78, 5) is 22.7. The molecular formula is C15H19NO5. The Morgan fingerprint density at radius 3 is 2.48 bits per heavy atom. The van der Waals surface area contributed by atoms with E-state index < -0.39 is 24.1 Å². The highest BCUT2D eigenvalue weighted by Gasteiger charge is 2.23. The first kappa shape index (κ1) is 16.6. The number of carboxylic acids is 1. The van der Waals surface area contributed by atoms with Crippen molar-refractivity contribution in [3.8, 4) is 5.75 Å². The van der Waals surface area contributed by atoms with Crippen LogP contribution in [0.3, 0.4) is 0 Å². The number of aliphatic carboxylic acids is 1. The summed E-state index contributed by atoms with van der Waals surface area (Å²) >= 11 is 0. The number of carboxylic acid groups (broad SMARTS) is 1. The smallest absolute Gasteiger partial charge is 0.344 e. The summed E-state index contributed by atoms with van der Waals surface area (Å²) in [6.07, 6.45) is 0.688. The van der Waals surface area contributed by atoms with Gasteiger partial charge in [0.15, 0.2) is 6.10 Å². The van der Waals surface area contributed by atoms with E-state index >= 15 is 0 Å². The molecule has 6 heteroatoms. The van der Waals surface area contributed by atoms with Crippen LogP contribution in [-0.2, 0) is 14.3 Å². The molecular weight excluding hydrogens is 274 g/mol. The van der Waals surface area contributed by atoms with Crippen molar-refractivity contribution in [3.05, 3.63) is 36.9 Å². The van der Waals surface area contributed by atoms with Crippen molar-refractivity contribution in [1.82, 2.24) is 0 Å². The number of ether oxygens (including phenoxy) is 2. The fourth-order valence-corrected chi connectivity index (χ4v) is 1.58. The highest BCUT2D eigenvalue weighted by atomic mass is 16.6. The van der Waals surface area contributed by atoms with Crippen LogP contribution in [0.15, 0.2) is 36.9 Å². The fraction of sp³-hybridized carbons (Fsp3) is 0.333. The minimum Gasteiger partial charge on any atom is -0.497 e. The maximum absolute atomic E-state index is 12.0. The summed E-state index contributed by atoms with van der Waals surface area (Å²) in [6.45, 7) is 4.89. The third-order valence-corrected chi connectivity index (χ3v) is 2.76. The van der Waals surface area contributed by atoms with Gasteiger partial charge in [-0.15, -0.1) is 6.58 Å². The molecule has 2 N–H and O–H groups in total. The van der Waals surface area contributed by atoms with Crippen LogP contribution in [0, 0.1) is 0 Å². The Morgan fingerprint density at radius 2 is 2.00 bits per heavy atom. The zero-order chi connectivity index (χ0) is 15.8. The molecule has 0 amide bonds. The average molecular weight is 293 g/mol. The molecule has 0 spiro atoms. The van der Waals surface area contributed by atoms with Gasteiger partial charge >= 0.3 is 11.9 Å². The standard InChI is InChI=1S/C15H19NO5/c1-4-5-13(15(19)21-10(2)14(17)18)16-11-6-8-12(20-3)9-7-11/h4,6-10,13,16H,1,5H2,2-3H3,(H,17,18)/t10-,13-/m1/s1. The summed E-state index contributed by atoms with van der Waals surface area (Å²) in [7, 11) is 1.56. The van der Waals surface area contributed by atoms with Gasteiger partial charge in [0.1, 0.15) is 11.8 Å². The van der Waals surface area contributed by atoms with Crippen LogP contribution < -0.4 is 10.1 Å². The average Bonchev–Trinajstić information content (AvgIpc) is 2.47. The van der Waals surface area contributed by atoms with E-state index in [1.165, 1.54) is 6.92 Å². The fourth-order valence-electron chi connectivity index (χ4n) is 1.58. The van der Waals surface area contributed by atoms with E-state index in [0.717, 1.165) is 0 Å². The van der Waals surface area contributed by atoms with Gasteiger partial charge in [0.2, 0.25) is 0 Å². The van der Waals surface area contributed by atoms with Gasteiger partial charge in [0, 0.05) is 5.69 Å². The van der Waals surface area contributed by atoms with Gasteiger partial charge in [-0.1, -0.05) is 6.08 Å². The Hall–Kier alpha value is -2.50. The second kappa shape index (κ2) is 7.94. The molecule has 0 unspecified atom stereocenters. The molecule has 0 saturated carbocycles. The number of methoxy groups -OCH3 is 1. The minimum absolute atomic E-state index is 0.317. The molecule has 2 atom stereocenters. The van der Waals surface area contributed by atoms with Crippen LogP contribution in [0.1, 0.15) is 13.3 Å². The topological polar surface area (TPSA) is 84.9 Å². The molecule has 0 radical (unpaired) electrons. The molecule has 21 heavy (non-hydrogen) atoms.